The van der Waals surface area contributed by atoms with Crippen LogP contribution in [0.15, 0.2) is 0 Å². The average molecular weight is 364 g/mol. The van der Waals surface area contributed by atoms with Gasteiger partial charge < -0.3 is 9.47 Å². The minimum Gasteiger partial charge on any atom is -0.456 e. The number of halogens is 3. The highest BCUT2D eigenvalue weighted by molar-refractivity contribution is 5.75. The van der Waals surface area contributed by atoms with Crippen molar-refractivity contribution in [1.82, 2.24) is 0 Å². The predicted molar refractivity (Wildman–Crippen MR) is 89.1 cm³/mol. The Balaban J connectivity index is 1.58. The molecule has 0 aromatic heterocycles. The lowest BCUT2D eigenvalue weighted by Gasteiger charge is -2.32. The molecule has 0 amide bonds. The molecule has 2 aliphatic rings. The summed E-state index contributed by atoms with van der Waals surface area (Å²) in [6.07, 6.45) is 6.05. The average Bonchev–Trinajstić information content (AvgIpc) is 2.59. The topological polar surface area (TPSA) is 35.5 Å². The molecule has 2 rings (SSSR count). The Morgan fingerprint density at radius 3 is 1.80 bits per heavy atom. The standard InChI is InChI=1S/C19H31F3O3/c1-2-13-24-16-9-5-14(6-10-16)3-4-15-7-11-17(12-8-15)25-18(23)19(20,21)22/h14-17H,2-13H2,1H3. The van der Waals surface area contributed by atoms with Crippen molar-refractivity contribution in [3.8, 4) is 0 Å². The number of carbonyl (C=O) groups excluding carboxylic acids is 1. The van der Waals surface area contributed by atoms with E-state index in [-0.39, 0.29) is 0 Å². The quantitative estimate of drug-likeness (QED) is 0.566. The Hall–Kier alpha value is -0.780. The van der Waals surface area contributed by atoms with E-state index in [1.807, 2.05) is 0 Å². The zero-order valence-corrected chi connectivity index (χ0v) is 15.2. The first kappa shape index (κ1) is 20.5. The number of hydrogen-bond donors (Lipinski definition) is 0. The highest BCUT2D eigenvalue weighted by atomic mass is 19.4. The summed E-state index contributed by atoms with van der Waals surface area (Å²) < 4.78 is 47.0. The Morgan fingerprint density at radius 2 is 1.36 bits per heavy atom. The maximum Gasteiger partial charge on any atom is 0.490 e. The van der Waals surface area contributed by atoms with Gasteiger partial charge in [0.2, 0.25) is 0 Å². The molecule has 0 unspecified atom stereocenters. The molecule has 0 aromatic carbocycles. The lowest BCUT2D eigenvalue weighted by Crippen LogP contribution is -2.32. The van der Waals surface area contributed by atoms with Gasteiger partial charge in [-0.2, -0.15) is 13.2 Å². The van der Waals surface area contributed by atoms with Crippen molar-refractivity contribution in [1.29, 1.82) is 0 Å². The van der Waals surface area contributed by atoms with Crippen molar-refractivity contribution < 1.29 is 27.4 Å². The summed E-state index contributed by atoms with van der Waals surface area (Å²) in [5, 5.41) is 0. The molecule has 0 heterocycles. The molecular weight excluding hydrogens is 333 g/mol. The van der Waals surface area contributed by atoms with Gasteiger partial charge >= 0.3 is 12.1 Å². The molecule has 2 fully saturated rings. The first-order valence-corrected chi connectivity index (χ1v) is 9.77. The maximum absolute atomic E-state index is 12.2. The van der Waals surface area contributed by atoms with Crippen molar-refractivity contribution in [2.75, 3.05) is 6.61 Å². The Morgan fingerprint density at radius 1 is 0.880 bits per heavy atom. The van der Waals surface area contributed by atoms with Crippen LogP contribution in [0.5, 0.6) is 0 Å². The van der Waals surface area contributed by atoms with E-state index >= 15 is 0 Å². The van der Waals surface area contributed by atoms with Gasteiger partial charge in [-0.05, 0) is 69.6 Å². The largest absolute Gasteiger partial charge is 0.490 e. The number of alkyl halides is 3. The van der Waals surface area contributed by atoms with E-state index in [1.54, 1.807) is 0 Å². The van der Waals surface area contributed by atoms with Gasteiger partial charge in [0.15, 0.2) is 0 Å². The summed E-state index contributed by atoms with van der Waals surface area (Å²) in [6.45, 7) is 2.99. The molecule has 25 heavy (non-hydrogen) atoms. The molecule has 0 radical (unpaired) electrons. The molecule has 0 aliphatic heterocycles. The molecule has 0 N–H and O–H groups in total. The van der Waals surface area contributed by atoms with Crippen LogP contribution in [-0.4, -0.2) is 31.0 Å². The zero-order chi connectivity index (χ0) is 18.3. The summed E-state index contributed by atoms with van der Waals surface area (Å²) in [5.74, 6) is -0.713. The predicted octanol–water partition coefficient (Wildman–Crippen LogP) is 5.42. The third kappa shape index (κ3) is 7.16. The summed E-state index contributed by atoms with van der Waals surface area (Å²) in [5.41, 5.74) is 0. The van der Waals surface area contributed by atoms with E-state index in [4.69, 9.17) is 4.74 Å². The summed E-state index contributed by atoms with van der Waals surface area (Å²) in [4.78, 5) is 10.9. The first-order chi connectivity index (χ1) is 11.9. The van der Waals surface area contributed by atoms with Crippen LogP contribution in [-0.2, 0) is 14.3 Å². The summed E-state index contributed by atoms with van der Waals surface area (Å²) >= 11 is 0. The lowest BCUT2D eigenvalue weighted by atomic mass is 9.79. The zero-order valence-electron chi connectivity index (χ0n) is 15.2. The molecule has 0 aromatic rings. The highest BCUT2D eigenvalue weighted by Gasteiger charge is 2.42. The Bertz CT molecular complexity index is 395. The van der Waals surface area contributed by atoms with Crippen molar-refractivity contribution in [3.05, 3.63) is 0 Å². The van der Waals surface area contributed by atoms with Crippen LogP contribution >= 0.6 is 0 Å². The van der Waals surface area contributed by atoms with Gasteiger partial charge in [0, 0.05) is 6.61 Å². The maximum atomic E-state index is 12.2. The van der Waals surface area contributed by atoms with Crippen LogP contribution in [0.25, 0.3) is 0 Å². The molecule has 0 atom stereocenters. The normalized spacial score (nSPS) is 30.9. The first-order valence-electron chi connectivity index (χ1n) is 9.77. The monoisotopic (exact) mass is 364 g/mol. The minimum atomic E-state index is -4.88. The molecule has 2 aliphatic carbocycles. The molecular formula is C19H31F3O3. The van der Waals surface area contributed by atoms with Crippen LogP contribution in [0.2, 0.25) is 0 Å². The van der Waals surface area contributed by atoms with Crippen molar-refractivity contribution >= 4 is 5.97 Å². The van der Waals surface area contributed by atoms with Gasteiger partial charge in [-0.15, -0.1) is 0 Å². The smallest absolute Gasteiger partial charge is 0.456 e. The van der Waals surface area contributed by atoms with E-state index < -0.39 is 18.2 Å². The van der Waals surface area contributed by atoms with Crippen molar-refractivity contribution in [3.63, 3.8) is 0 Å². The summed E-state index contributed by atoms with van der Waals surface area (Å²) in [6, 6.07) is 0. The van der Waals surface area contributed by atoms with Crippen LogP contribution in [0.1, 0.15) is 77.6 Å². The number of esters is 1. The Labute approximate surface area is 148 Å². The van der Waals surface area contributed by atoms with E-state index in [2.05, 4.69) is 11.7 Å². The number of ether oxygens (including phenoxy) is 2. The molecule has 3 nitrogen and oxygen atoms in total. The molecule has 0 saturated heterocycles. The van der Waals surface area contributed by atoms with Gasteiger partial charge in [-0.1, -0.05) is 19.8 Å². The molecule has 2 saturated carbocycles. The molecule has 146 valence electrons. The van der Waals surface area contributed by atoms with Crippen LogP contribution in [0, 0.1) is 11.8 Å². The van der Waals surface area contributed by atoms with Gasteiger partial charge in [0.05, 0.1) is 6.10 Å². The van der Waals surface area contributed by atoms with Crippen molar-refractivity contribution in [2.45, 2.75) is 95.9 Å². The lowest BCUT2D eigenvalue weighted by molar-refractivity contribution is -0.206. The second-order valence-electron chi connectivity index (χ2n) is 7.64. The number of carbonyl (C=O) groups is 1. The van der Waals surface area contributed by atoms with Gasteiger partial charge in [-0.3, -0.25) is 0 Å². The third-order valence-corrected chi connectivity index (χ3v) is 5.63. The van der Waals surface area contributed by atoms with E-state index in [0.717, 1.165) is 51.0 Å². The molecule has 0 spiro atoms. The minimum absolute atomic E-state index is 0.440. The second kappa shape index (κ2) is 9.79. The molecule has 0 bridgehead atoms. The number of rotatable bonds is 7. The Kier molecular flexibility index (Phi) is 8.04. The van der Waals surface area contributed by atoms with Crippen molar-refractivity contribution in [2.24, 2.45) is 11.8 Å². The second-order valence-corrected chi connectivity index (χ2v) is 7.64. The fraction of sp³-hybridized carbons (Fsp3) is 0.947. The van der Waals surface area contributed by atoms with Crippen LogP contribution in [0.4, 0.5) is 13.2 Å². The SMILES string of the molecule is CCCOC1CCC(CCC2CCC(OC(=O)C(F)(F)F)CC2)CC1. The van der Waals surface area contributed by atoms with E-state index in [1.165, 1.54) is 19.3 Å². The van der Waals surface area contributed by atoms with Gasteiger partial charge in [0.1, 0.15) is 6.10 Å². The summed E-state index contributed by atoms with van der Waals surface area (Å²) in [7, 11) is 0. The van der Waals surface area contributed by atoms with Crippen LogP contribution in [0.3, 0.4) is 0 Å². The van der Waals surface area contributed by atoms with E-state index in [9.17, 15) is 18.0 Å². The highest BCUT2D eigenvalue weighted by Crippen LogP contribution is 2.35. The third-order valence-electron chi connectivity index (χ3n) is 5.63. The van der Waals surface area contributed by atoms with E-state index in [0.29, 0.717) is 24.9 Å². The number of hydrogen-bond acceptors (Lipinski definition) is 3. The fourth-order valence-corrected chi connectivity index (χ4v) is 4.10. The fourth-order valence-electron chi connectivity index (χ4n) is 4.10. The molecule has 6 heteroatoms. The van der Waals surface area contributed by atoms with Gasteiger partial charge in [-0.25, -0.2) is 4.79 Å². The van der Waals surface area contributed by atoms with Crippen LogP contribution < -0.4 is 0 Å². The van der Waals surface area contributed by atoms with Gasteiger partial charge in [0.25, 0.3) is 0 Å².